The standard InChI is InChI=1S/C24H15ClFN3O5/c1-12-10-14(25)4-9-19(12)27-20(13-2-5-15(26)6-3-13)21(24(27)32)28-22(30)17-8-7-16(29(33)34)11-18(17)23(28)31/h2-11,20-21H,1H3/t20-,21-/m1/s1. The summed E-state index contributed by atoms with van der Waals surface area (Å²) in [6.07, 6.45) is 0. The molecule has 3 aromatic rings. The largest absolute Gasteiger partial charge is 0.300 e. The zero-order chi connectivity index (χ0) is 24.3. The Bertz CT molecular complexity index is 1410. The van der Waals surface area contributed by atoms with E-state index in [9.17, 15) is 28.9 Å². The minimum atomic E-state index is -1.20. The maximum Gasteiger partial charge on any atom is 0.270 e. The summed E-state index contributed by atoms with van der Waals surface area (Å²) in [5, 5.41) is 11.6. The second kappa shape index (κ2) is 7.74. The number of hydrogen-bond donors (Lipinski definition) is 0. The van der Waals surface area contributed by atoms with Crippen LogP contribution in [0, 0.1) is 22.9 Å². The average Bonchev–Trinajstić information content (AvgIpc) is 3.04. The predicted molar refractivity (Wildman–Crippen MR) is 120 cm³/mol. The van der Waals surface area contributed by atoms with Gasteiger partial charge in [0.15, 0.2) is 0 Å². The van der Waals surface area contributed by atoms with Crippen molar-refractivity contribution in [2.24, 2.45) is 0 Å². The molecule has 2 aliphatic heterocycles. The Morgan fingerprint density at radius 2 is 1.56 bits per heavy atom. The molecular weight excluding hydrogens is 465 g/mol. The Balaban J connectivity index is 1.59. The van der Waals surface area contributed by atoms with Crippen molar-refractivity contribution in [3.05, 3.63) is 104 Å². The first kappa shape index (κ1) is 21.7. The molecule has 34 heavy (non-hydrogen) atoms. The molecule has 0 saturated carbocycles. The fourth-order valence-electron chi connectivity index (χ4n) is 4.49. The number of halogens is 2. The van der Waals surface area contributed by atoms with Crippen LogP contribution < -0.4 is 4.90 Å². The smallest absolute Gasteiger partial charge is 0.270 e. The Morgan fingerprint density at radius 1 is 0.882 bits per heavy atom. The second-order valence-electron chi connectivity index (χ2n) is 8.05. The number of fused-ring (bicyclic) bond motifs is 1. The molecule has 1 fully saturated rings. The molecule has 0 radical (unpaired) electrons. The number of β-lactam (4-membered cyclic amide) rings is 1. The van der Waals surface area contributed by atoms with Gasteiger partial charge in [0.25, 0.3) is 23.4 Å². The molecule has 170 valence electrons. The molecule has 2 aliphatic rings. The molecule has 8 nitrogen and oxygen atoms in total. The molecule has 0 aliphatic carbocycles. The highest BCUT2D eigenvalue weighted by atomic mass is 35.5. The minimum Gasteiger partial charge on any atom is -0.300 e. The number of hydrogen-bond acceptors (Lipinski definition) is 5. The molecule has 3 aromatic carbocycles. The lowest BCUT2D eigenvalue weighted by molar-refractivity contribution is -0.384. The molecule has 5 rings (SSSR count). The van der Waals surface area contributed by atoms with Gasteiger partial charge in [-0.05, 0) is 54.4 Å². The van der Waals surface area contributed by atoms with Gasteiger partial charge in [0.1, 0.15) is 11.9 Å². The number of anilines is 1. The number of amides is 3. The van der Waals surface area contributed by atoms with Gasteiger partial charge in [0, 0.05) is 22.8 Å². The number of rotatable bonds is 4. The predicted octanol–water partition coefficient (Wildman–Crippen LogP) is 4.45. The van der Waals surface area contributed by atoms with Gasteiger partial charge in [0.2, 0.25) is 0 Å². The summed E-state index contributed by atoms with van der Waals surface area (Å²) in [4.78, 5) is 52.5. The van der Waals surface area contributed by atoms with Gasteiger partial charge in [-0.1, -0.05) is 23.7 Å². The van der Waals surface area contributed by atoms with Crippen molar-refractivity contribution >= 4 is 40.7 Å². The Labute approximate surface area is 197 Å². The Kier molecular flexibility index (Phi) is 4.94. The lowest BCUT2D eigenvalue weighted by Crippen LogP contribution is -2.67. The highest BCUT2D eigenvalue weighted by Crippen LogP contribution is 2.45. The van der Waals surface area contributed by atoms with E-state index in [1.54, 1.807) is 25.1 Å². The van der Waals surface area contributed by atoms with Crippen molar-refractivity contribution in [2.45, 2.75) is 19.0 Å². The summed E-state index contributed by atoms with van der Waals surface area (Å²) in [5.74, 6) is -2.49. The van der Waals surface area contributed by atoms with E-state index in [2.05, 4.69) is 0 Å². The van der Waals surface area contributed by atoms with Crippen LogP contribution in [0.25, 0.3) is 0 Å². The van der Waals surface area contributed by atoms with E-state index in [0.717, 1.165) is 17.0 Å². The molecule has 2 heterocycles. The van der Waals surface area contributed by atoms with Gasteiger partial charge in [0.05, 0.1) is 22.1 Å². The van der Waals surface area contributed by atoms with Crippen LogP contribution >= 0.6 is 11.6 Å². The summed E-state index contributed by atoms with van der Waals surface area (Å²) in [5.41, 5.74) is 1.27. The van der Waals surface area contributed by atoms with Crippen molar-refractivity contribution < 1.29 is 23.7 Å². The van der Waals surface area contributed by atoms with Crippen molar-refractivity contribution in [3.8, 4) is 0 Å². The van der Waals surface area contributed by atoms with Gasteiger partial charge >= 0.3 is 0 Å². The van der Waals surface area contributed by atoms with E-state index in [1.165, 1.54) is 35.2 Å². The summed E-state index contributed by atoms with van der Waals surface area (Å²) in [6, 6.07) is 11.8. The summed E-state index contributed by atoms with van der Waals surface area (Å²) >= 11 is 6.06. The fourth-order valence-corrected chi connectivity index (χ4v) is 4.71. The molecular formula is C24H15ClFN3O5. The van der Waals surface area contributed by atoms with Crippen LogP contribution in [-0.4, -0.2) is 33.6 Å². The third-order valence-corrected chi connectivity index (χ3v) is 6.32. The highest BCUT2D eigenvalue weighted by Gasteiger charge is 2.57. The van der Waals surface area contributed by atoms with Gasteiger partial charge in [-0.15, -0.1) is 0 Å². The molecule has 0 unspecified atom stereocenters. The van der Waals surface area contributed by atoms with Crippen molar-refractivity contribution in [1.29, 1.82) is 0 Å². The van der Waals surface area contributed by atoms with Gasteiger partial charge < -0.3 is 4.90 Å². The molecule has 0 N–H and O–H groups in total. The lowest BCUT2D eigenvalue weighted by atomic mass is 9.85. The Hall–Kier alpha value is -4.11. The molecule has 10 heteroatoms. The molecule has 0 bridgehead atoms. The van der Waals surface area contributed by atoms with E-state index in [0.29, 0.717) is 21.8 Å². The quantitative estimate of drug-likeness (QED) is 0.238. The zero-order valence-corrected chi connectivity index (χ0v) is 18.3. The van der Waals surface area contributed by atoms with Crippen molar-refractivity contribution in [1.82, 2.24) is 4.90 Å². The highest BCUT2D eigenvalue weighted by molar-refractivity contribution is 6.31. The third kappa shape index (κ3) is 3.16. The van der Waals surface area contributed by atoms with Crippen LogP contribution in [0.1, 0.15) is 37.9 Å². The van der Waals surface area contributed by atoms with Crippen molar-refractivity contribution in [3.63, 3.8) is 0 Å². The first-order chi connectivity index (χ1) is 16.2. The number of imide groups is 1. The number of non-ortho nitro benzene ring substituents is 1. The summed E-state index contributed by atoms with van der Waals surface area (Å²) in [6.45, 7) is 1.77. The number of carbonyl (C=O) groups excluding carboxylic acids is 3. The molecule has 3 amide bonds. The maximum absolute atomic E-state index is 13.6. The zero-order valence-electron chi connectivity index (χ0n) is 17.6. The molecule has 0 spiro atoms. The van der Waals surface area contributed by atoms with Gasteiger partial charge in [-0.25, -0.2) is 4.39 Å². The van der Waals surface area contributed by atoms with E-state index in [-0.39, 0.29) is 16.8 Å². The first-order valence-electron chi connectivity index (χ1n) is 10.2. The Morgan fingerprint density at radius 3 is 2.21 bits per heavy atom. The average molecular weight is 480 g/mol. The van der Waals surface area contributed by atoms with E-state index < -0.39 is 40.5 Å². The number of nitro groups is 1. The monoisotopic (exact) mass is 479 g/mol. The van der Waals surface area contributed by atoms with Crippen LogP contribution in [0.2, 0.25) is 5.02 Å². The molecule has 1 saturated heterocycles. The third-order valence-electron chi connectivity index (χ3n) is 6.09. The lowest BCUT2D eigenvalue weighted by Gasteiger charge is -2.50. The fraction of sp³-hybridized carbons (Fsp3) is 0.125. The van der Waals surface area contributed by atoms with Gasteiger partial charge in [-0.2, -0.15) is 0 Å². The summed E-state index contributed by atoms with van der Waals surface area (Å²) < 4.78 is 13.6. The van der Waals surface area contributed by atoms with E-state index >= 15 is 0 Å². The summed E-state index contributed by atoms with van der Waals surface area (Å²) in [7, 11) is 0. The van der Waals surface area contributed by atoms with Crippen LogP contribution in [0.3, 0.4) is 0 Å². The van der Waals surface area contributed by atoms with Crippen LogP contribution in [0.4, 0.5) is 15.8 Å². The second-order valence-corrected chi connectivity index (χ2v) is 8.48. The topological polar surface area (TPSA) is 101 Å². The molecule has 2 atom stereocenters. The normalized spacial score (nSPS) is 19.3. The van der Waals surface area contributed by atoms with Crippen LogP contribution in [0.5, 0.6) is 0 Å². The van der Waals surface area contributed by atoms with Crippen molar-refractivity contribution in [2.75, 3.05) is 4.90 Å². The van der Waals surface area contributed by atoms with E-state index in [1.807, 2.05) is 0 Å². The van der Waals surface area contributed by atoms with Gasteiger partial charge in [-0.3, -0.25) is 29.4 Å². The number of benzene rings is 3. The first-order valence-corrected chi connectivity index (χ1v) is 10.6. The van der Waals surface area contributed by atoms with E-state index in [4.69, 9.17) is 11.6 Å². The maximum atomic E-state index is 13.6. The number of aryl methyl sites for hydroxylation is 1. The molecule has 0 aromatic heterocycles. The minimum absolute atomic E-state index is 0.0117. The SMILES string of the molecule is Cc1cc(Cl)ccc1N1C(=O)[C@H](N2C(=O)c3ccc([N+](=O)[O-])cc3C2=O)[C@H]1c1ccc(F)cc1. The van der Waals surface area contributed by atoms with Crippen LogP contribution in [0.15, 0.2) is 60.7 Å². The van der Waals surface area contributed by atoms with Crippen LogP contribution in [-0.2, 0) is 4.79 Å². The number of nitro benzene ring substituents is 1. The number of carbonyl (C=O) groups is 3. The number of nitrogens with zero attached hydrogens (tertiary/aromatic N) is 3.